The highest BCUT2D eigenvalue weighted by Crippen LogP contribution is 2.19. The lowest BCUT2D eigenvalue weighted by Gasteiger charge is -2.37. The third-order valence-corrected chi connectivity index (χ3v) is 3.01. The van der Waals surface area contributed by atoms with Crippen molar-refractivity contribution in [2.45, 2.75) is 26.4 Å². The topological polar surface area (TPSA) is 116 Å². The van der Waals surface area contributed by atoms with Gasteiger partial charge in [-0.15, -0.1) is 0 Å². The second-order valence-electron chi connectivity index (χ2n) is 6.11. The number of aliphatic carboxylic acids is 2. The van der Waals surface area contributed by atoms with Crippen molar-refractivity contribution < 1.29 is 29.3 Å². The summed E-state index contributed by atoms with van der Waals surface area (Å²) in [4.78, 5) is 33.1. The Morgan fingerprint density at radius 3 is 1.76 bits per heavy atom. The lowest BCUT2D eigenvalue weighted by molar-refractivity contribution is -0.147. The van der Waals surface area contributed by atoms with Crippen molar-refractivity contribution in [3.63, 3.8) is 0 Å². The molecule has 0 aromatic rings. The van der Waals surface area contributed by atoms with Crippen LogP contribution in [-0.4, -0.2) is 64.9 Å². The summed E-state index contributed by atoms with van der Waals surface area (Å²) in [5, 5.41) is 19.6. The Hall–Kier alpha value is -1.83. The van der Waals surface area contributed by atoms with Crippen molar-refractivity contribution >= 4 is 18.0 Å². The molecular formula is C13H22N2O6. The van der Waals surface area contributed by atoms with E-state index in [2.05, 4.69) is 5.32 Å². The number of ether oxygens (including phenoxy) is 1. The van der Waals surface area contributed by atoms with Crippen molar-refractivity contribution in [2.24, 2.45) is 11.8 Å². The molecule has 2 aliphatic heterocycles. The van der Waals surface area contributed by atoms with Crippen LogP contribution in [0.5, 0.6) is 0 Å². The lowest BCUT2D eigenvalue weighted by atomic mass is 10.0. The molecule has 8 nitrogen and oxygen atoms in total. The maximum atomic E-state index is 11.3. The number of likely N-dealkylation sites (tertiary alicyclic amines) is 1. The highest BCUT2D eigenvalue weighted by molar-refractivity contribution is 5.76. The molecule has 0 spiro atoms. The Labute approximate surface area is 123 Å². The first kappa shape index (κ1) is 17.2. The van der Waals surface area contributed by atoms with Crippen molar-refractivity contribution in [1.29, 1.82) is 0 Å². The number of rotatable bonds is 2. The highest BCUT2D eigenvalue weighted by Gasteiger charge is 2.37. The van der Waals surface area contributed by atoms with Gasteiger partial charge in [-0.2, -0.15) is 0 Å². The fourth-order valence-corrected chi connectivity index (χ4v) is 1.57. The minimum atomic E-state index is -0.857. The summed E-state index contributed by atoms with van der Waals surface area (Å²) in [6.45, 7) is 7.14. The summed E-state index contributed by atoms with van der Waals surface area (Å²) >= 11 is 0. The maximum absolute atomic E-state index is 11.3. The molecule has 1 amide bonds. The minimum Gasteiger partial charge on any atom is -0.481 e. The summed E-state index contributed by atoms with van der Waals surface area (Å²) in [6, 6.07) is 0. The molecule has 0 bridgehead atoms. The molecule has 0 unspecified atom stereocenters. The number of amides is 1. The van der Waals surface area contributed by atoms with Crippen molar-refractivity contribution in [3.8, 4) is 0 Å². The molecule has 0 radical (unpaired) electrons. The van der Waals surface area contributed by atoms with Crippen molar-refractivity contribution in [1.82, 2.24) is 10.2 Å². The average molecular weight is 302 g/mol. The number of carboxylic acids is 2. The predicted octanol–water partition coefficient (Wildman–Crippen LogP) is 0.228. The Morgan fingerprint density at radius 2 is 1.52 bits per heavy atom. The second kappa shape index (κ2) is 6.75. The minimum absolute atomic E-state index is 0.111. The molecule has 21 heavy (non-hydrogen) atoms. The molecule has 2 aliphatic rings. The zero-order valence-electron chi connectivity index (χ0n) is 12.5. The van der Waals surface area contributed by atoms with Gasteiger partial charge in [0, 0.05) is 26.2 Å². The first-order valence-corrected chi connectivity index (χ1v) is 6.74. The fourth-order valence-electron chi connectivity index (χ4n) is 1.57. The quantitative estimate of drug-likeness (QED) is 0.668. The normalized spacial score (nSPS) is 18.7. The summed E-state index contributed by atoms with van der Waals surface area (Å²) in [5.41, 5.74) is -0.522. The number of carbonyl (C=O) groups is 3. The largest absolute Gasteiger partial charge is 0.481 e. The molecule has 0 saturated carbocycles. The highest BCUT2D eigenvalue weighted by atomic mass is 16.6. The average Bonchev–Trinajstić information content (AvgIpc) is 2.06. The Balaban J connectivity index is 0.000000262. The molecule has 0 aromatic heterocycles. The Kier molecular flexibility index (Phi) is 5.54. The van der Waals surface area contributed by atoms with Gasteiger partial charge in [-0.25, -0.2) is 4.79 Å². The lowest BCUT2D eigenvalue weighted by Crippen LogP contribution is -2.54. The van der Waals surface area contributed by atoms with E-state index in [0.29, 0.717) is 13.1 Å². The first-order chi connectivity index (χ1) is 9.60. The first-order valence-electron chi connectivity index (χ1n) is 6.74. The number of hydrogen-bond acceptors (Lipinski definition) is 5. The Bertz CT molecular complexity index is 407. The van der Waals surface area contributed by atoms with Gasteiger partial charge >= 0.3 is 18.0 Å². The van der Waals surface area contributed by atoms with Gasteiger partial charge in [-0.05, 0) is 20.8 Å². The van der Waals surface area contributed by atoms with Gasteiger partial charge in [0.1, 0.15) is 5.60 Å². The predicted molar refractivity (Wildman–Crippen MR) is 72.9 cm³/mol. The van der Waals surface area contributed by atoms with Gasteiger partial charge in [-0.1, -0.05) is 0 Å². The number of nitrogens with one attached hydrogen (secondary N) is 1. The van der Waals surface area contributed by atoms with Crippen LogP contribution in [0.3, 0.4) is 0 Å². The molecule has 2 rings (SSSR count). The van der Waals surface area contributed by atoms with Crippen LogP contribution in [0.4, 0.5) is 4.79 Å². The monoisotopic (exact) mass is 302 g/mol. The molecule has 2 fully saturated rings. The molecule has 2 saturated heterocycles. The van der Waals surface area contributed by atoms with E-state index < -0.39 is 29.6 Å². The SMILES string of the molecule is CC(C)(C)OC(=O)N1CC(C(=O)O)C1.O=C(O)C1CNC1. The van der Waals surface area contributed by atoms with Gasteiger partial charge in [0.15, 0.2) is 0 Å². The van der Waals surface area contributed by atoms with Gasteiger partial charge in [0.25, 0.3) is 0 Å². The zero-order chi connectivity index (χ0) is 16.2. The van der Waals surface area contributed by atoms with Gasteiger partial charge in [-0.3, -0.25) is 9.59 Å². The van der Waals surface area contributed by atoms with E-state index in [0.717, 1.165) is 0 Å². The molecular weight excluding hydrogens is 280 g/mol. The number of carbonyl (C=O) groups excluding carboxylic acids is 1. The molecule has 0 atom stereocenters. The van der Waals surface area contributed by atoms with Crippen LogP contribution in [-0.2, 0) is 14.3 Å². The van der Waals surface area contributed by atoms with Gasteiger partial charge in [0.05, 0.1) is 11.8 Å². The number of nitrogens with zero attached hydrogens (tertiary/aromatic N) is 1. The summed E-state index contributed by atoms with van der Waals surface area (Å²) in [6.07, 6.45) is -0.435. The molecule has 120 valence electrons. The van der Waals surface area contributed by atoms with E-state index in [9.17, 15) is 14.4 Å². The van der Waals surface area contributed by atoms with Crippen molar-refractivity contribution in [2.75, 3.05) is 26.2 Å². The van der Waals surface area contributed by atoms with E-state index in [1.165, 1.54) is 4.90 Å². The molecule has 2 heterocycles. The van der Waals surface area contributed by atoms with Gasteiger partial charge in [0.2, 0.25) is 0 Å². The second-order valence-corrected chi connectivity index (χ2v) is 6.11. The number of hydrogen-bond donors (Lipinski definition) is 3. The summed E-state index contributed by atoms with van der Waals surface area (Å²) < 4.78 is 5.06. The van der Waals surface area contributed by atoms with Crippen LogP contribution in [0.2, 0.25) is 0 Å². The van der Waals surface area contributed by atoms with Crippen LogP contribution in [0.25, 0.3) is 0 Å². The van der Waals surface area contributed by atoms with E-state index in [4.69, 9.17) is 14.9 Å². The molecule has 0 aliphatic carbocycles. The standard InChI is InChI=1S/C9H15NO4.C4H7NO2/c1-9(2,3)14-8(13)10-4-6(5-10)7(11)12;6-4(7)3-1-5-2-3/h6H,4-5H2,1-3H3,(H,11,12);3,5H,1-2H2,(H,6,7). The third kappa shape index (κ3) is 5.58. The maximum Gasteiger partial charge on any atom is 0.410 e. The molecule has 8 heteroatoms. The van der Waals surface area contributed by atoms with E-state index in [1.54, 1.807) is 20.8 Å². The zero-order valence-corrected chi connectivity index (χ0v) is 12.5. The Morgan fingerprint density at radius 1 is 1.05 bits per heavy atom. The van der Waals surface area contributed by atoms with E-state index in [1.807, 2.05) is 0 Å². The summed E-state index contributed by atoms with van der Waals surface area (Å²) in [7, 11) is 0. The smallest absolute Gasteiger partial charge is 0.410 e. The van der Waals surface area contributed by atoms with Crippen LogP contribution < -0.4 is 5.32 Å². The third-order valence-electron chi connectivity index (χ3n) is 3.01. The van der Waals surface area contributed by atoms with Crippen molar-refractivity contribution in [3.05, 3.63) is 0 Å². The van der Waals surface area contributed by atoms with E-state index in [-0.39, 0.29) is 19.0 Å². The van der Waals surface area contributed by atoms with Gasteiger partial charge < -0.3 is 25.2 Å². The van der Waals surface area contributed by atoms with E-state index >= 15 is 0 Å². The molecule has 3 N–H and O–H groups in total. The molecule has 0 aromatic carbocycles. The van der Waals surface area contributed by atoms with Crippen LogP contribution in [0.1, 0.15) is 20.8 Å². The summed E-state index contributed by atoms with van der Waals surface area (Å²) in [5.74, 6) is -2.08. The van der Waals surface area contributed by atoms with Crippen LogP contribution >= 0.6 is 0 Å². The number of carboxylic acid groups (broad SMARTS) is 2. The van der Waals surface area contributed by atoms with Crippen LogP contribution in [0.15, 0.2) is 0 Å². The fraction of sp³-hybridized carbons (Fsp3) is 0.769. The van der Waals surface area contributed by atoms with Crippen LogP contribution in [0, 0.1) is 11.8 Å².